The van der Waals surface area contributed by atoms with Crippen LogP contribution in [0.2, 0.25) is 0 Å². The van der Waals surface area contributed by atoms with E-state index in [4.69, 9.17) is 9.47 Å². The number of imidazole rings is 1. The summed E-state index contributed by atoms with van der Waals surface area (Å²) in [4.78, 5) is 166. The Morgan fingerprint density at radius 2 is 1.01 bits per heavy atom. The van der Waals surface area contributed by atoms with Gasteiger partial charge in [-0.3, -0.25) is 47.9 Å². The van der Waals surface area contributed by atoms with Gasteiger partial charge in [-0.15, -0.1) is 5.10 Å². The van der Waals surface area contributed by atoms with Crippen LogP contribution in [-0.4, -0.2) is 204 Å². The van der Waals surface area contributed by atoms with Crippen LogP contribution in [0, 0.1) is 10.8 Å². The fourth-order valence-electron chi connectivity index (χ4n) is 14.6. The molecule has 14 rings (SSSR count). The molecule has 2 aromatic heterocycles. The lowest BCUT2D eigenvalue weighted by molar-refractivity contribution is -0.145. The number of amides is 9. The van der Waals surface area contributed by atoms with E-state index in [9.17, 15) is 39.0 Å². The molecule has 31 heteroatoms. The molecule has 0 unspecified atom stereocenters. The molecule has 0 spiro atoms. The number of nitrogens with zero attached hydrogens (tertiary/aromatic N) is 7. The van der Waals surface area contributed by atoms with Gasteiger partial charge in [-0.05, 0) is 120 Å². The number of aromatic nitrogens is 5. The third kappa shape index (κ3) is 21.6. The summed E-state index contributed by atoms with van der Waals surface area (Å²) in [6.07, 6.45) is 4.19. The maximum Gasteiger partial charge on any atom is 0.326 e. The van der Waals surface area contributed by atoms with Crippen molar-refractivity contribution in [3.05, 3.63) is 186 Å². The normalized spacial score (nSPS) is 21.1. The van der Waals surface area contributed by atoms with Crippen molar-refractivity contribution in [2.75, 3.05) is 33.7 Å². The minimum absolute atomic E-state index is 0.0107. The minimum atomic E-state index is -1.52. The number of likely N-dealkylation sites (N-methyl/N-ethyl adjacent to an activating group) is 2. The van der Waals surface area contributed by atoms with E-state index in [2.05, 4.69) is 63.1 Å². The summed E-state index contributed by atoms with van der Waals surface area (Å²) in [5.74, 6) is -7.43. The van der Waals surface area contributed by atoms with Crippen LogP contribution >= 0.6 is 0 Å². The topological polar surface area (TPSA) is 410 Å². The lowest BCUT2D eigenvalue weighted by Gasteiger charge is -2.36. The van der Waals surface area contributed by atoms with Gasteiger partial charge in [0.25, 0.3) is 0 Å². The fraction of sp³-hybridized carbons (Fsp3) is 0.435. The van der Waals surface area contributed by atoms with Gasteiger partial charge in [-0.1, -0.05) is 156 Å². The van der Waals surface area contributed by atoms with E-state index in [1.807, 2.05) is 84.9 Å². The van der Waals surface area contributed by atoms with Gasteiger partial charge in [0.1, 0.15) is 78.7 Å². The molecule has 8 aromatic rings. The second kappa shape index (κ2) is 37.4. The number of fused-ring (bicyclic) bond motifs is 2. The molecule has 0 saturated carbocycles. The van der Waals surface area contributed by atoms with Crippen LogP contribution in [-0.2, 0) is 91.6 Å². The summed E-state index contributed by atoms with van der Waals surface area (Å²) in [5, 5.41) is 58.7. The molecule has 116 heavy (non-hydrogen) atoms. The molecule has 12 bridgehead atoms. The number of carboxylic acids is 2. The van der Waals surface area contributed by atoms with Crippen molar-refractivity contribution in [2.24, 2.45) is 10.8 Å². The highest BCUT2D eigenvalue weighted by Gasteiger charge is 2.49. The van der Waals surface area contributed by atoms with E-state index in [1.165, 1.54) is 14.5 Å². The molecule has 31 nitrogen and oxygen atoms in total. The number of aliphatic carboxylic acids is 2. The number of carbonyl (C=O) groups excluding carboxylic acids is 9. The van der Waals surface area contributed by atoms with Crippen LogP contribution in [0.3, 0.4) is 0 Å². The van der Waals surface area contributed by atoms with E-state index < -0.39 is 148 Å². The molecular formula is C85H104N16O15. The van der Waals surface area contributed by atoms with E-state index in [0.29, 0.717) is 45.1 Å². The van der Waals surface area contributed by atoms with Gasteiger partial charge in [-0.25, -0.2) is 14.5 Å². The Labute approximate surface area is 672 Å². The first-order valence-electron chi connectivity index (χ1n) is 39.1. The maximum atomic E-state index is 15.5. The Bertz CT molecular complexity index is 4900. The smallest absolute Gasteiger partial charge is 0.326 e. The first-order valence-corrected chi connectivity index (χ1v) is 39.1. The van der Waals surface area contributed by atoms with Crippen LogP contribution < -0.4 is 57.3 Å². The molecule has 2 saturated heterocycles. The van der Waals surface area contributed by atoms with E-state index in [0.717, 1.165) is 21.5 Å². The Morgan fingerprint density at radius 1 is 0.552 bits per heavy atom. The number of nitrogens with one attached hydrogen (secondary N) is 9. The molecule has 0 aliphatic carbocycles. The zero-order valence-electron chi connectivity index (χ0n) is 66.9. The molecule has 6 aliphatic rings. The summed E-state index contributed by atoms with van der Waals surface area (Å²) in [7, 11) is 3.22. The average Bonchev–Trinajstić information content (AvgIpc) is 1.62. The summed E-state index contributed by atoms with van der Waals surface area (Å²) >= 11 is 0. The van der Waals surface area contributed by atoms with Gasteiger partial charge in [-0.2, -0.15) is 0 Å². The standard InChI is InChI=1S/C85H104N16O15/c1-49(86-9)74(104)94-72(84(3,4)5)81(111)99-44-61-40-69(99)79(109)91-66(38-53-21-27-55-16-11-13-18-57(55)34-53)77(107)90-65(76(106)88-33-15-20-71(102)103)36-51-23-29-64(30-24-51)116-47-60-43-101(97-96-60)62-41-70(100(45-62)82(112)73(85(6,7)8)95-75(105)50(2)87-10)80(110)92-67(39-54-22-28-56-17-12-14-19-58(56)35-54)78(108)93-68(83(113)114)37-52-25-31-63(32-26-52)115-46-59-42-98(61)48-89-59/h11-14,16-19,21-32,34-35,42-43,48-50,61-62,65-70,72-73,86-87H,15,20,33,36-41,44-47H2,1-10H3,(H,88,106)(H,90,107)(H,91,109)(H,92,110)(H,93,108)(H,94,104)(H,95,105)(H,102,103)(H,113,114)/t49-,50-,61-,62-,65-,66-,67-,68-,69-,70-,72+,73+/m0/s1. The third-order valence-electron chi connectivity index (χ3n) is 21.6. The van der Waals surface area contributed by atoms with Crippen LogP contribution in [0.25, 0.3) is 21.5 Å². The Balaban J connectivity index is 0.942. The van der Waals surface area contributed by atoms with Crippen LogP contribution in [0.15, 0.2) is 152 Å². The van der Waals surface area contributed by atoms with Crippen molar-refractivity contribution in [1.29, 1.82) is 0 Å². The molecule has 0 radical (unpaired) electrons. The zero-order chi connectivity index (χ0) is 83.3. The SMILES string of the molecule is CN[C@@H](C)C(=O)N[C@H](C(=O)N1C[C@@H]2C[C@H]1C(=O)N[C@@H](Cc1ccc3ccccc3c1)C(=O)N[C@H](C(=O)O)Cc1ccc(cc1)OCc1cn(cn1)[C@H]1C[C@@H](C(=O)N[C@@H](Cc3ccc4ccccc4c3)C(=O)N[C@H](C(=O)NCCCC(=O)O)Cc3ccc(cc3)OCc3cn2nn3)N(C(=O)[C@@H](NC(=O)[C@H](C)NC)C(C)(C)C)C1)C(C)(C)C. The Kier molecular flexibility index (Phi) is 27.4. The number of likely N-dealkylation sites (tertiary alicyclic amines) is 2. The Hall–Kier alpha value is -12.1. The van der Waals surface area contributed by atoms with Crippen molar-refractivity contribution in [3.63, 3.8) is 0 Å². The van der Waals surface area contributed by atoms with Gasteiger partial charge in [0, 0.05) is 64.4 Å². The zero-order valence-corrected chi connectivity index (χ0v) is 66.9. The fourth-order valence-corrected chi connectivity index (χ4v) is 14.6. The predicted octanol–water partition coefficient (Wildman–Crippen LogP) is 4.79. The monoisotopic (exact) mass is 1590 g/mol. The van der Waals surface area contributed by atoms with E-state index in [1.54, 1.807) is 141 Å². The molecule has 614 valence electrons. The van der Waals surface area contributed by atoms with Crippen molar-refractivity contribution in [1.82, 2.24) is 82.2 Å². The molecule has 11 N–H and O–H groups in total. The number of ether oxygens (including phenoxy) is 2. The highest BCUT2D eigenvalue weighted by atomic mass is 16.5. The summed E-state index contributed by atoms with van der Waals surface area (Å²) < 4.78 is 15.8. The second-order valence-corrected chi connectivity index (χ2v) is 32.3. The number of hydrogen-bond donors (Lipinski definition) is 11. The second-order valence-electron chi connectivity index (χ2n) is 32.3. The first kappa shape index (κ1) is 84.8. The molecule has 6 aliphatic heterocycles. The maximum absolute atomic E-state index is 15.5. The number of carbonyl (C=O) groups is 11. The lowest BCUT2D eigenvalue weighted by atomic mass is 9.85. The summed E-state index contributed by atoms with van der Waals surface area (Å²) in [6, 6.07) is 26.5. The first-order chi connectivity index (χ1) is 55.3. The number of benzene rings is 6. The van der Waals surface area contributed by atoms with Crippen molar-refractivity contribution >= 4 is 86.6 Å². The van der Waals surface area contributed by atoms with Crippen LogP contribution in [0.4, 0.5) is 0 Å². The quantitative estimate of drug-likeness (QED) is 0.0514. The summed E-state index contributed by atoms with van der Waals surface area (Å²) in [6.45, 7) is 13.6. The Morgan fingerprint density at radius 3 is 1.48 bits per heavy atom. The van der Waals surface area contributed by atoms with Gasteiger partial charge < -0.3 is 81.9 Å². The molecular weight excluding hydrogens is 1490 g/mol. The number of carboxylic acid groups (broad SMARTS) is 2. The lowest BCUT2D eigenvalue weighted by Crippen LogP contribution is -2.61. The summed E-state index contributed by atoms with van der Waals surface area (Å²) in [5.41, 5.74) is 1.33. The molecule has 6 aromatic carbocycles. The average molecular weight is 1590 g/mol. The van der Waals surface area contributed by atoms with Crippen LogP contribution in [0.1, 0.15) is 127 Å². The molecule has 12 atom stereocenters. The van der Waals surface area contributed by atoms with Crippen LogP contribution in [0.5, 0.6) is 11.5 Å². The highest BCUT2D eigenvalue weighted by Crippen LogP contribution is 2.35. The van der Waals surface area contributed by atoms with E-state index in [-0.39, 0.29) is 84.2 Å². The third-order valence-corrected chi connectivity index (χ3v) is 21.6. The van der Waals surface area contributed by atoms with E-state index >= 15 is 24.0 Å². The van der Waals surface area contributed by atoms with Gasteiger partial charge in [0.2, 0.25) is 53.2 Å². The van der Waals surface area contributed by atoms with Crippen molar-refractivity contribution in [3.8, 4) is 11.5 Å². The minimum Gasteiger partial charge on any atom is -0.487 e. The van der Waals surface area contributed by atoms with Crippen molar-refractivity contribution < 1.29 is 72.4 Å². The van der Waals surface area contributed by atoms with Gasteiger partial charge >= 0.3 is 11.9 Å². The van der Waals surface area contributed by atoms with Gasteiger partial charge in [0.05, 0.1) is 42.4 Å². The number of hydrogen-bond acceptors (Lipinski definition) is 18. The predicted molar refractivity (Wildman–Crippen MR) is 430 cm³/mol. The molecule has 2 fully saturated rings. The largest absolute Gasteiger partial charge is 0.487 e. The molecule has 8 heterocycles. The number of rotatable bonds is 18. The van der Waals surface area contributed by atoms with Gasteiger partial charge in [0.15, 0.2) is 0 Å². The highest BCUT2D eigenvalue weighted by molar-refractivity contribution is 5.99. The van der Waals surface area contributed by atoms with Crippen molar-refractivity contribution in [2.45, 2.75) is 192 Å². The molecule has 9 amide bonds.